The zero-order valence-electron chi connectivity index (χ0n) is 14.0. The highest BCUT2D eigenvalue weighted by atomic mass is 19.1. The maximum absolute atomic E-state index is 13.8. The summed E-state index contributed by atoms with van der Waals surface area (Å²) in [5.41, 5.74) is 14.7. The van der Waals surface area contributed by atoms with Gasteiger partial charge in [0.2, 0.25) is 5.91 Å². The Morgan fingerprint density at radius 3 is 2.35 bits per heavy atom. The number of carbonyl (C=O) groups excluding carboxylic acids is 1. The SMILES string of the molecule is NC(=O)c1cccc(-c2ccc([C@H](N)Cc3cc(F)ccc3F)cc2)c1. The third-order valence-electron chi connectivity index (χ3n) is 4.27. The minimum absolute atomic E-state index is 0.195. The Labute approximate surface area is 150 Å². The van der Waals surface area contributed by atoms with Gasteiger partial charge in [0, 0.05) is 11.6 Å². The molecule has 3 aromatic rings. The third-order valence-corrected chi connectivity index (χ3v) is 4.27. The molecule has 132 valence electrons. The number of amides is 1. The van der Waals surface area contributed by atoms with Crippen LogP contribution >= 0.6 is 0 Å². The topological polar surface area (TPSA) is 69.1 Å². The number of benzene rings is 3. The Bertz CT molecular complexity index is 939. The maximum Gasteiger partial charge on any atom is 0.248 e. The highest BCUT2D eigenvalue weighted by Gasteiger charge is 2.12. The first kappa shape index (κ1) is 17.8. The van der Waals surface area contributed by atoms with Gasteiger partial charge in [0.25, 0.3) is 0 Å². The van der Waals surface area contributed by atoms with Crippen LogP contribution < -0.4 is 11.5 Å². The second-order valence-corrected chi connectivity index (χ2v) is 6.11. The number of hydrogen-bond donors (Lipinski definition) is 2. The van der Waals surface area contributed by atoms with Crippen molar-refractivity contribution in [3.05, 3.63) is 95.1 Å². The quantitative estimate of drug-likeness (QED) is 0.729. The Morgan fingerprint density at radius 1 is 0.923 bits per heavy atom. The van der Waals surface area contributed by atoms with Crippen LogP contribution in [-0.2, 0) is 6.42 Å². The fraction of sp³-hybridized carbons (Fsp3) is 0.0952. The monoisotopic (exact) mass is 352 g/mol. The second-order valence-electron chi connectivity index (χ2n) is 6.11. The number of nitrogens with two attached hydrogens (primary N) is 2. The van der Waals surface area contributed by atoms with E-state index in [9.17, 15) is 13.6 Å². The molecule has 0 fully saturated rings. The summed E-state index contributed by atoms with van der Waals surface area (Å²) in [6.45, 7) is 0. The van der Waals surface area contributed by atoms with E-state index in [4.69, 9.17) is 11.5 Å². The van der Waals surface area contributed by atoms with Gasteiger partial charge in [0.15, 0.2) is 0 Å². The molecule has 5 heteroatoms. The summed E-state index contributed by atoms with van der Waals surface area (Å²) in [4.78, 5) is 11.3. The molecule has 3 rings (SSSR count). The molecule has 3 nitrogen and oxygen atoms in total. The van der Waals surface area contributed by atoms with E-state index in [1.807, 2.05) is 30.3 Å². The molecular weight excluding hydrogens is 334 g/mol. The van der Waals surface area contributed by atoms with E-state index in [1.165, 1.54) is 6.07 Å². The number of hydrogen-bond acceptors (Lipinski definition) is 2. The molecule has 3 aromatic carbocycles. The van der Waals surface area contributed by atoms with Crippen LogP contribution in [0.1, 0.15) is 27.5 Å². The summed E-state index contributed by atoms with van der Waals surface area (Å²) >= 11 is 0. The Balaban J connectivity index is 1.80. The molecule has 26 heavy (non-hydrogen) atoms. The zero-order valence-corrected chi connectivity index (χ0v) is 14.0. The molecule has 0 radical (unpaired) electrons. The second kappa shape index (κ2) is 7.45. The van der Waals surface area contributed by atoms with Crippen LogP contribution in [0.2, 0.25) is 0 Å². The minimum atomic E-state index is -0.488. The van der Waals surface area contributed by atoms with E-state index in [-0.39, 0.29) is 12.0 Å². The fourth-order valence-corrected chi connectivity index (χ4v) is 2.83. The van der Waals surface area contributed by atoms with E-state index in [2.05, 4.69) is 0 Å². The van der Waals surface area contributed by atoms with Crippen LogP contribution in [0.15, 0.2) is 66.7 Å². The molecule has 0 bridgehead atoms. The van der Waals surface area contributed by atoms with E-state index in [0.717, 1.165) is 28.8 Å². The maximum atomic E-state index is 13.8. The standard InChI is InChI=1S/C21H18F2N2O/c22-18-8-9-19(23)17(11-18)12-20(24)14-6-4-13(5-7-14)15-2-1-3-16(10-15)21(25)26/h1-11,20H,12,24H2,(H2,25,26)/t20-/m1/s1. The summed E-state index contributed by atoms with van der Waals surface area (Å²) in [7, 11) is 0. The summed E-state index contributed by atoms with van der Waals surface area (Å²) < 4.78 is 27.1. The van der Waals surface area contributed by atoms with E-state index in [0.29, 0.717) is 5.56 Å². The Kier molecular flexibility index (Phi) is 5.09. The van der Waals surface area contributed by atoms with E-state index in [1.54, 1.807) is 18.2 Å². The van der Waals surface area contributed by atoms with Crippen molar-refractivity contribution in [3.63, 3.8) is 0 Å². The van der Waals surface area contributed by atoms with Gasteiger partial charge in [-0.25, -0.2) is 8.78 Å². The number of rotatable bonds is 5. The molecule has 0 unspecified atom stereocenters. The third kappa shape index (κ3) is 3.95. The lowest BCUT2D eigenvalue weighted by atomic mass is 9.96. The predicted octanol–water partition coefficient (Wildman–Crippen LogP) is 3.97. The van der Waals surface area contributed by atoms with Crippen LogP contribution in [0.3, 0.4) is 0 Å². The predicted molar refractivity (Wildman–Crippen MR) is 97.4 cm³/mol. The summed E-state index contributed by atoms with van der Waals surface area (Å²) in [6.07, 6.45) is 0.195. The minimum Gasteiger partial charge on any atom is -0.366 e. The molecule has 4 N–H and O–H groups in total. The van der Waals surface area contributed by atoms with Crippen molar-refractivity contribution in [1.82, 2.24) is 0 Å². The van der Waals surface area contributed by atoms with Crippen LogP contribution in [0.25, 0.3) is 11.1 Å². The first-order valence-electron chi connectivity index (χ1n) is 8.14. The van der Waals surface area contributed by atoms with Gasteiger partial charge in [-0.3, -0.25) is 4.79 Å². The molecular formula is C21H18F2N2O. The van der Waals surface area contributed by atoms with Crippen molar-refractivity contribution in [3.8, 4) is 11.1 Å². The molecule has 0 aliphatic rings. The molecule has 0 saturated carbocycles. The van der Waals surface area contributed by atoms with Crippen molar-refractivity contribution in [2.45, 2.75) is 12.5 Å². The lowest BCUT2D eigenvalue weighted by Gasteiger charge is -2.14. The number of carbonyl (C=O) groups is 1. The highest BCUT2D eigenvalue weighted by molar-refractivity contribution is 5.94. The van der Waals surface area contributed by atoms with Crippen LogP contribution in [0, 0.1) is 11.6 Å². The van der Waals surface area contributed by atoms with Gasteiger partial charge in [0.1, 0.15) is 11.6 Å². The van der Waals surface area contributed by atoms with Crippen LogP contribution in [-0.4, -0.2) is 5.91 Å². The average molecular weight is 352 g/mol. The van der Waals surface area contributed by atoms with Crippen molar-refractivity contribution >= 4 is 5.91 Å². The van der Waals surface area contributed by atoms with Crippen LogP contribution in [0.5, 0.6) is 0 Å². The Hall–Kier alpha value is -3.05. The van der Waals surface area contributed by atoms with Gasteiger partial charge >= 0.3 is 0 Å². The van der Waals surface area contributed by atoms with Gasteiger partial charge in [-0.05, 0) is 59.0 Å². The average Bonchev–Trinajstić information content (AvgIpc) is 2.65. The van der Waals surface area contributed by atoms with Gasteiger partial charge < -0.3 is 11.5 Å². The molecule has 0 aliphatic heterocycles. The lowest BCUT2D eigenvalue weighted by molar-refractivity contribution is 0.100. The number of halogens is 2. The van der Waals surface area contributed by atoms with Crippen molar-refractivity contribution in [1.29, 1.82) is 0 Å². The molecule has 0 aliphatic carbocycles. The van der Waals surface area contributed by atoms with Gasteiger partial charge in [0.05, 0.1) is 0 Å². The Morgan fingerprint density at radius 2 is 1.65 bits per heavy atom. The zero-order chi connectivity index (χ0) is 18.7. The van der Waals surface area contributed by atoms with Crippen molar-refractivity contribution in [2.75, 3.05) is 0 Å². The molecule has 0 heterocycles. The van der Waals surface area contributed by atoms with E-state index >= 15 is 0 Å². The molecule has 1 amide bonds. The van der Waals surface area contributed by atoms with Crippen LogP contribution in [0.4, 0.5) is 8.78 Å². The van der Waals surface area contributed by atoms with Gasteiger partial charge in [-0.2, -0.15) is 0 Å². The summed E-state index contributed by atoms with van der Waals surface area (Å²) in [5.74, 6) is -1.44. The molecule has 1 atom stereocenters. The van der Waals surface area contributed by atoms with Crippen molar-refractivity contribution in [2.24, 2.45) is 11.5 Å². The first-order valence-corrected chi connectivity index (χ1v) is 8.14. The summed E-state index contributed by atoms with van der Waals surface area (Å²) in [5, 5.41) is 0. The smallest absolute Gasteiger partial charge is 0.248 e. The van der Waals surface area contributed by atoms with E-state index < -0.39 is 23.6 Å². The molecule has 0 saturated heterocycles. The molecule has 0 spiro atoms. The normalized spacial score (nSPS) is 12.0. The highest BCUT2D eigenvalue weighted by Crippen LogP contribution is 2.24. The van der Waals surface area contributed by atoms with Crippen molar-refractivity contribution < 1.29 is 13.6 Å². The van der Waals surface area contributed by atoms with Gasteiger partial charge in [-0.1, -0.05) is 36.4 Å². The van der Waals surface area contributed by atoms with Gasteiger partial charge in [-0.15, -0.1) is 0 Å². The number of primary amides is 1. The largest absolute Gasteiger partial charge is 0.366 e. The first-order chi connectivity index (χ1) is 12.4. The fourth-order valence-electron chi connectivity index (χ4n) is 2.83. The summed E-state index contributed by atoms with van der Waals surface area (Å²) in [6, 6.07) is 17.3. The lowest BCUT2D eigenvalue weighted by Crippen LogP contribution is -2.14. The molecule has 0 aromatic heterocycles.